The van der Waals surface area contributed by atoms with Gasteiger partial charge in [0.2, 0.25) is 0 Å². The summed E-state index contributed by atoms with van der Waals surface area (Å²) in [7, 11) is 1.98. The van der Waals surface area contributed by atoms with Gasteiger partial charge in [0.1, 0.15) is 0 Å². The van der Waals surface area contributed by atoms with Crippen molar-refractivity contribution in [3.63, 3.8) is 0 Å². The van der Waals surface area contributed by atoms with E-state index in [4.69, 9.17) is 0 Å². The second kappa shape index (κ2) is 6.84. The average molecular weight is 278 g/mol. The van der Waals surface area contributed by atoms with Gasteiger partial charge in [-0.1, -0.05) is 39.8 Å². The van der Waals surface area contributed by atoms with Gasteiger partial charge < -0.3 is 5.32 Å². The highest BCUT2D eigenvalue weighted by molar-refractivity contribution is 5.33. The highest BCUT2D eigenvalue weighted by Gasteiger charge is 2.23. The van der Waals surface area contributed by atoms with Crippen molar-refractivity contribution in [1.82, 2.24) is 5.32 Å². The number of non-ortho nitro benzene ring substituents is 1. The molecule has 0 saturated carbocycles. The molecule has 0 heterocycles. The van der Waals surface area contributed by atoms with Crippen molar-refractivity contribution in [2.45, 2.75) is 46.6 Å². The van der Waals surface area contributed by atoms with Crippen molar-refractivity contribution in [3.05, 3.63) is 39.9 Å². The monoisotopic (exact) mass is 278 g/mol. The molecule has 1 N–H and O–H groups in total. The maximum Gasteiger partial charge on any atom is 0.269 e. The van der Waals surface area contributed by atoms with Crippen LogP contribution in [0.4, 0.5) is 5.69 Å². The van der Waals surface area contributed by atoms with Crippen LogP contribution in [-0.2, 0) is 6.42 Å². The molecule has 0 saturated heterocycles. The van der Waals surface area contributed by atoms with Crippen molar-refractivity contribution in [2.75, 3.05) is 7.05 Å². The van der Waals surface area contributed by atoms with Gasteiger partial charge in [0, 0.05) is 18.2 Å². The first-order chi connectivity index (χ1) is 9.24. The van der Waals surface area contributed by atoms with Crippen LogP contribution < -0.4 is 5.32 Å². The third-order valence-corrected chi connectivity index (χ3v) is 4.15. The van der Waals surface area contributed by atoms with Crippen molar-refractivity contribution >= 4 is 5.69 Å². The van der Waals surface area contributed by atoms with E-state index < -0.39 is 0 Å². The fourth-order valence-electron chi connectivity index (χ4n) is 2.12. The SMILES string of the molecule is CNC(Cc1ccc([N+](=O)[O-])cc1)CC(C)C(C)(C)C. The number of likely N-dealkylation sites (N-methyl/N-ethyl adjacent to an activating group) is 1. The first-order valence-corrected chi connectivity index (χ1v) is 7.14. The lowest BCUT2D eigenvalue weighted by molar-refractivity contribution is -0.384. The van der Waals surface area contributed by atoms with Crippen molar-refractivity contribution < 1.29 is 4.92 Å². The summed E-state index contributed by atoms with van der Waals surface area (Å²) in [6.45, 7) is 9.06. The predicted molar refractivity (Wildman–Crippen MR) is 82.9 cm³/mol. The van der Waals surface area contributed by atoms with E-state index in [0.29, 0.717) is 17.4 Å². The normalized spacial score (nSPS) is 14.8. The molecule has 112 valence electrons. The van der Waals surface area contributed by atoms with E-state index >= 15 is 0 Å². The van der Waals surface area contributed by atoms with Crippen LogP contribution in [0.3, 0.4) is 0 Å². The van der Waals surface area contributed by atoms with Gasteiger partial charge in [-0.3, -0.25) is 10.1 Å². The number of hydrogen-bond donors (Lipinski definition) is 1. The molecule has 0 aliphatic rings. The average Bonchev–Trinajstić information content (AvgIpc) is 2.37. The minimum atomic E-state index is -0.360. The zero-order chi connectivity index (χ0) is 15.3. The minimum Gasteiger partial charge on any atom is -0.317 e. The molecule has 4 heteroatoms. The molecule has 0 fully saturated rings. The smallest absolute Gasteiger partial charge is 0.269 e. The number of nitro benzene ring substituents is 1. The van der Waals surface area contributed by atoms with Gasteiger partial charge in [-0.05, 0) is 36.8 Å². The molecule has 0 aliphatic carbocycles. The third-order valence-electron chi connectivity index (χ3n) is 4.15. The van der Waals surface area contributed by atoms with E-state index in [9.17, 15) is 10.1 Å². The summed E-state index contributed by atoms with van der Waals surface area (Å²) < 4.78 is 0. The van der Waals surface area contributed by atoms with Gasteiger partial charge in [-0.2, -0.15) is 0 Å². The molecule has 1 aromatic rings. The molecule has 2 atom stereocenters. The van der Waals surface area contributed by atoms with Gasteiger partial charge >= 0.3 is 0 Å². The summed E-state index contributed by atoms with van der Waals surface area (Å²) in [6.07, 6.45) is 1.99. The zero-order valence-electron chi connectivity index (χ0n) is 13.1. The van der Waals surface area contributed by atoms with Crippen LogP contribution in [0.15, 0.2) is 24.3 Å². The molecule has 0 spiro atoms. The van der Waals surface area contributed by atoms with Crippen LogP contribution in [0.2, 0.25) is 0 Å². The van der Waals surface area contributed by atoms with E-state index in [1.807, 2.05) is 19.2 Å². The Kier molecular flexibility index (Phi) is 5.69. The Labute approximate surface area is 121 Å². The van der Waals surface area contributed by atoms with E-state index in [1.165, 1.54) is 0 Å². The molecule has 0 amide bonds. The number of rotatable bonds is 6. The molecule has 1 rings (SSSR count). The molecule has 0 aliphatic heterocycles. The Morgan fingerprint density at radius 1 is 1.25 bits per heavy atom. The summed E-state index contributed by atoms with van der Waals surface area (Å²) >= 11 is 0. The standard InChI is InChI=1S/C16H26N2O2/c1-12(16(2,3)4)10-14(17-5)11-13-6-8-15(9-7-13)18(19)20/h6-9,12,14,17H,10-11H2,1-5H3. The van der Waals surface area contributed by atoms with Gasteiger partial charge in [0.05, 0.1) is 4.92 Å². The highest BCUT2D eigenvalue weighted by atomic mass is 16.6. The molecular weight excluding hydrogens is 252 g/mol. The van der Waals surface area contributed by atoms with Gasteiger partial charge in [0.15, 0.2) is 0 Å². The quantitative estimate of drug-likeness (QED) is 0.636. The summed E-state index contributed by atoms with van der Waals surface area (Å²) in [6, 6.07) is 7.25. The van der Waals surface area contributed by atoms with E-state index in [-0.39, 0.29) is 10.6 Å². The molecule has 0 bridgehead atoms. The number of benzene rings is 1. The van der Waals surface area contributed by atoms with Crippen LogP contribution in [0.5, 0.6) is 0 Å². The molecule has 4 nitrogen and oxygen atoms in total. The third kappa shape index (κ3) is 4.93. The maximum absolute atomic E-state index is 10.6. The van der Waals surface area contributed by atoms with E-state index in [1.54, 1.807) is 12.1 Å². The number of nitro groups is 1. The Morgan fingerprint density at radius 3 is 2.20 bits per heavy atom. The summed E-state index contributed by atoms with van der Waals surface area (Å²) in [4.78, 5) is 10.3. The lowest BCUT2D eigenvalue weighted by atomic mass is 9.78. The van der Waals surface area contributed by atoms with E-state index in [0.717, 1.165) is 18.4 Å². The first kappa shape index (κ1) is 16.6. The molecule has 2 unspecified atom stereocenters. The number of nitrogens with zero attached hydrogens (tertiary/aromatic N) is 1. The Hall–Kier alpha value is -1.42. The summed E-state index contributed by atoms with van der Waals surface area (Å²) in [5.41, 5.74) is 1.58. The van der Waals surface area contributed by atoms with Crippen LogP contribution in [0.1, 0.15) is 39.7 Å². The van der Waals surface area contributed by atoms with Crippen molar-refractivity contribution in [2.24, 2.45) is 11.3 Å². The number of nitrogens with one attached hydrogen (secondary N) is 1. The van der Waals surface area contributed by atoms with E-state index in [2.05, 4.69) is 33.0 Å². The minimum absolute atomic E-state index is 0.151. The topological polar surface area (TPSA) is 55.2 Å². The van der Waals surface area contributed by atoms with Gasteiger partial charge in [-0.25, -0.2) is 0 Å². The van der Waals surface area contributed by atoms with Gasteiger partial charge in [0.25, 0.3) is 5.69 Å². The lowest BCUT2D eigenvalue weighted by Gasteiger charge is -2.30. The second-order valence-corrected chi connectivity index (χ2v) is 6.62. The van der Waals surface area contributed by atoms with Gasteiger partial charge in [-0.15, -0.1) is 0 Å². The first-order valence-electron chi connectivity index (χ1n) is 7.14. The Bertz CT molecular complexity index is 435. The largest absolute Gasteiger partial charge is 0.317 e. The molecule has 0 aromatic heterocycles. The van der Waals surface area contributed by atoms with Crippen LogP contribution in [0.25, 0.3) is 0 Å². The molecule has 20 heavy (non-hydrogen) atoms. The number of hydrogen-bond acceptors (Lipinski definition) is 3. The Balaban J connectivity index is 2.66. The Morgan fingerprint density at radius 2 is 1.80 bits per heavy atom. The summed E-state index contributed by atoms with van der Waals surface area (Å²) in [5, 5.41) is 14.0. The maximum atomic E-state index is 10.6. The van der Waals surface area contributed by atoms with Crippen molar-refractivity contribution in [1.29, 1.82) is 0 Å². The highest BCUT2D eigenvalue weighted by Crippen LogP contribution is 2.29. The lowest BCUT2D eigenvalue weighted by Crippen LogP contribution is -2.33. The van der Waals surface area contributed by atoms with Crippen molar-refractivity contribution in [3.8, 4) is 0 Å². The van der Waals surface area contributed by atoms with Crippen LogP contribution in [-0.4, -0.2) is 18.0 Å². The fraction of sp³-hybridized carbons (Fsp3) is 0.625. The fourth-order valence-corrected chi connectivity index (χ4v) is 2.12. The van der Waals surface area contributed by atoms with Crippen LogP contribution >= 0.6 is 0 Å². The second-order valence-electron chi connectivity index (χ2n) is 6.62. The predicted octanol–water partition coefficient (Wildman–Crippen LogP) is 3.80. The molecular formula is C16H26N2O2. The zero-order valence-corrected chi connectivity index (χ0v) is 13.1. The molecule has 0 radical (unpaired) electrons. The molecule has 1 aromatic carbocycles. The summed E-state index contributed by atoms with van der Waals surface area (Å²) in [5.74, 6) is 0.609. The van der Waals surface area contributed by atoms with Crippen LogP contribution in [0, 0.1) is 21.4 Å².